The van der Waals surface area contributed by atoms with E-state index in [9.17, 15) is 5.11 Å². The van der Waals surface area contributed by atoms with Gasteiger partial charge in [-0.3, -0.25) is 5.41 Å². The fourth-order valence-electron chi connectivity index (χ4n) is 3.60. The number of aromatic amines is 1. The maximum absolute atomic E-state index is 11.0. The van der Waals surface area contributed by atoms with Crippen LogP contribution in [0.1, 0.15) is 19.7 Å². The highest BCUT2D eigenvalue weighted by atomic mass is 16.5. The summed E-state index contributed by atoms with van der Waals surface area (Å²) in [5.74, 6) is 1.89. The van der Waals surface area contributed by atoms with Gasteiger partial charge in [0.2, 0.25) is 0 Å². The summed E-state index contributed by atoms with van der Waals surface area (Å²) in [6, 6.07) is 13.0. The predicted octanol–water partition coefficient (Wildman–Crippen LogP) is 4.13. The van der Waals surface area contributed by atoms with Crippen LogP contribution in [0.3, 0.4) is 0 Å². The zero-order chi connectivity index (χ0) is 20.1. The van der Waals surface area contributed by atoms with E-state index in [-0.39, 0.29) is 11.6 Å². The average molecular weight is 378 g/mol. The van der Waals surface area contributed by atoms with Crippen LogP contribution in [0.25, 0.3) is 16.6 Å². The maximum Gasteiger partial charge on any atom is 0.146 e. The third-order valence-electron chi connectivity index (χ3n) is 5.09. The monoisotopic (exact) mass is 378 g/mol. The molecule has 1 aromatic heterocycles. The minimum atomic E-state index is -0.854. The van der Waals surface area contributed by atoms with E-state index in [2.05, 4.69) is 9.97 Å². The fourth-order valence-corrected chi connectivity index (χ4v) is 3.60. The number of aliphatic hydroxyl groups is 1. The molecule has 3 N–H and O–H groups in total. The molecule has 1 aliphatic heterocycles. The lowest BCUT2D eigenvalue weighted by Gasteiger charge is -2.34. The number of imidazole rings is 1. The van der Waals surface area contributed by atoms with Crippen molar-refractivity contribution < 1.29 is 14.6 Å². The first kappa shape index (κ1) is 17.9. The number of para-hydroxylation sites is 2. The van der Waals surface area contributed by atoms with Crippen LogP contribution in [0.5, 0.6) is 11.5 Å². The van der Waals surface area contributed by atoms with Crippen molar-refractivity contribution in [3.8, 4) is 11.5 Å². The summed E-state index contributed by atoms with van der Waals surface area (Å²) in [5.41, 5.74) is 1.82. The highest BCUT2D eigenvalue weighted by Gasteiger charge is 2.46. The molecule has 7 nitrogen and oxygen atoms in total. The molecule has 144 valence electrons. The smallest absolute Gasteiger partial charge is 0.146 e. The molecule has 0 fully saturated rings. The van der Waals surface area contributed by atoms with E-state index in [1.807, 2.05) is 44.2 Å². The van der Waals surface area contributed by atoms with Gasteiger partial charge in [0.15, 0.2) is 0 Å². The number of aliphatic hydroxyl groups excluding tert-OH is 1. The number of benzene rings is 2. The Hall–Kier alpha value is -3.48. The number of anilines is 1. The lowest BCUT2D eigenvalue weighted by Crippen LogP contribution is -2.43. The summed E-state index contributed by atoms with van der Waals surface area (Å²) in [6.45, 7) is 3.71. The largest absolute Gasteiger partial charge is 0.509 e. The number of aromatic nitrogens is 2. The first-order valence-electron chi connectivity index (χ1n) is 8.88. The molecule has 7 heteroatoms. The van der Waals surface area contributed by atoms with Crippen molar-refractivity contribution in [3.63, 3.8) is 0 Å². The molecule has 4 rings (SSSR count). The zero-order valence-corrected chi connectivity index (χ0v) is 16.2. The van der Waals surface area contributed by atoms with Crippen molar-refractivity contribution in [1.82, 2.24) is 9.97 Å². The van der Waals surface area contributed by atoms with Crippen LogP contribution in [-0.4, -0.2) is 40.7 Å². The summed E-state index contributed by atoms with van der Waals surface area (Å²) in [6.07, 6.45) is 0. The summed E-state index contributed by atoms with van der Waals surface area (Å²) in [7, 11) is 3.15. The number of amidine groups is 1. The number of methoxy groups -OCH3 is 2. The Balaban J connectivity index is 1.84. The molecule has 0 atom stereocenters. The molecule has 28 heavy (non-hydrogen) atoms. The molecule has 1 aliphatic rings. The van der Waals surface area contributed by atoms with Gasteiger partial charge in [-0.05, 0) is 38.1 Å². The molecular formula is C21H22N4O3. The van der Waals surface area contributed by atoms with E-state index < -0.39 is 5.54 Å². The molecule has 2 heterocycles. The highest BCUT2D eigenvalue weighted by Crippen LogP contribution is 2.45. The molecule has 0 radical (unpaired) electrons. The van der Waals surface area contributed by atoms with Crippen molar-refractivity contribution in [1.29, 1.82) is 5.41 Å². The lowest BCUT2D eigenvalue weighted by atomic mass is 10.0. The van der Waals surface area contributed by atoms with Gasteiger partial charge in [-0.25, -0.2) is 4.98 Å². The van der Waals surface area contributed by atoms with Gasteiger partial charge < -0.3 is 24.5 Å². The van der Waals surface area contributed by atoms with Gasteiger partial charge in [-0.1, -0.05) is 12.1 Å². The van der Waals surface area contributed by atoms with Crippen LogP contribution < -0.4 is 14.4 Å². The number of hydrogen-bond acceptors (Lipinski definition) is 5. The van der Waals surface area contributed by atoms with E-state index in [1.54, 1.807) is 31.3 Å². The van der Waals surface area contributed by atoms with Gasteiger partial charge in [-0.15, -0.1) is 0 Å². The highest BCUT2D eigenvalue weighted by molar-refractivity contribution is 6.31. The summed E-state index contributed by atoms with van der Waals surface area (Å²) in [4.78, 5) is 9.51. The Labute approximate surface area is 162 Å². The maximum atomic E-state index is 11.0. The van der Waals surface area contributed by atoms with Gasteiger partial charge in [0.05, 0.1) is 42.1 Å². The van der Waals surface area contributed by atoms with E-state index in [1.165, 1.54) is 0 Å². The quantitative estimate of drug-likeness (QED) is 0.635. The van der Waals surface area contributed by atoms with Crippen molar-refractivity contribution in [3.05, 3.63) is 54.0 Å². The van der Waals surface area contributed by atoms with Crippen molar-refractivity contribution in [2.24, 2.45) is 0 Å². The van der Waals surface area contributed by atoms with Crippen molar-refractivity contribution >= 4 is 28.1 Å². The van der Waals surface area contributed by atoms with Gasteiger partial charge in [-0.2, -0.15) is 0 Å². The topological polar surface area (TPSA) is 94.5 Å². The van der Waals surface area contributed by atoms with E-state index >= 15 is 0 Å². The molecule has 0 saturated carbocycles. The minimum Gasteiger partial charge on any atom is -0.509 e. The SMILES string of the molecule is COc1ccc(N2C(=N)C(c3nc4ccccc4[nH]3)=C(O)C2(C)C)c(OC)c1. The number of rotatable bonds is 4. The number of H-pyrrole nitrogens is 1. The third kappa shape index (κ3) is 2.51. The zero-order valence-electron chi connectivity index (χ0n) is 16.2. The standard InChI is InChI=1S/C21H22N4O3/c1-21(2)18(26)17(20-23-13-7-5-6-8-14(13)24-20)19(22)25(21)15-10-9-12(27-3)11-16(15)28-4/h5-11,22,26H,1-4H3,(H,23,24). The van der Waals surface area contributed by atoms with Gasteiger partial charge in [0, 0.05) is 6.07 Å². The predicted molar refractivity (Wildman–Crippen MR) is 109 cm³/mol. The van der Waals surface area contributed by atoms with Crippen LogP contribution in [-0.2, 0) is 0 Å². The van der Waals surface area contributed by atoms with Crippen LogP contribution >= 0.6 is 0 Å². The minimum absolute atomic E-state index is 0.0782. The molecule has 3 aromatic rings. The molecule has 0 aliphatic carbocycles. The van der Waals surface area contributed by atoms with Crippen LogP contribution in [0, 0.1) is 5.41 Å². The number of nitrogens with one attached hydrogen (secondary N) is 2. The van der Waals surface area contributed by atoms with Gasteiger partial charge >= 0.3 is 0 Å². The molecule has 0 bridgehead atoms. The van der Waals surface area contributed by atoms with Crippen LogP contribution in [0.15, 0.2) is 48.2 Å². The Morgan fingerprint density at radius 3 is 2.54 bits per heavy atom. The molecule has 0 amide bonds. The number of fused-ring (bicyclic) bond motifs is 1. The Morgan fingerprint density at radius 1 is 1.11 bits per heavy atom. The number of hydrogen-bond donors (Lipinski definition) is 3. The Kier molecular flexibility index (Phi) is 4.03. The van der Waals surface area contributed by atoms with Crippen LogP contribution in [0.4, 0.5) is 5.69 Å². The molecule has 0 saturated heterocycles. The Bertz CT molecular complexity index is 1080. The summed E-state index contributed by atoms with van der Waals surface area (Å²) >= 11 is 0. The van der Waals surface area contributed by atoms with Gasteiger partial charge in [0.1, 0.15) is 28.9 Å². The third-order valence-corrected chi connectivity index (χ3v) is 5.09. The van der Waals surface area contributed by atoms with E-state index in [0.717, 1.165) is 11.0 Å². The van der Waals surface area contributed by atoms with Gasteiger partial charge in [0.25, 0.3) is 0 Å². The van der Waals surface area contributed by atoms with Crippen molar-refractivity contribution in [2.45, 2.75) is 19.4 Å². The number of ether oxygens (including phenoxy) is 2. The normalized spacial score (nSPS) is 16.1. The molecule has 2 aromatic carbocycles. The van der Waals surface area contributed by atoms with Crippen LogP contribution in [0.2, 0.25) is 0 Å². The number of nitrogens with zero attached hydrogens (tertiary/aromatic N) is 2. The second-order valence-electron chi connectivity index (χ2n) is 7.11. The van der Waals surface area contributed by atoms with Crippen molar-refractivity contribution in [2.75, 3.05) is 19.1 Å². The lowest BCUT2D eigenvalue weighted by molar-refractivity contribution is 0.332. The van der Waals surface area contributed by atoms with E-state index in [0.29, 0.717) is 28.6 Å². The first-order valence-corrected chi connectivity index (χ1v) is 8.88. The molecule has 0 spiro atoms. The fraction of sp³-hybridized carbons (Fsp3) is 0.238. The summed E-state index contributed by atoms with van der Waals surface area (Å²) < 4.78 is 10.8. The Morgan fingerprint density at radius 2 is 1.86 bits per heavy atom. The second-order valence-corrected chi connectivity index (χ2v) is 7.11. The first-order chi connectivity index (χ1) is 13.4. The summed E-state index contributed by atoms with van der Waals surface area (Å²) in [5, 5.41) is 19.9. The molecular weight excluding hydrogens is 356 g/mol. The second kappa shape index (κ2) is 6.30. The molecule has 0 unspecified atom stereocenters. The average Bonchev–Trinajstić information content (AvgIpc) is 3.18. The van der Waals surface area contributed by atoms with E-state index in [4.69, 9.17) is 14.9 Å².